The van der Waals surface area contributed by atoms with E-state index in [1.165, 1.54) is 0 Å². The zero-order valence-corrected chi connectivity index (χ0v) is 16.5. The van der Waals surface area contributed by atoms with Crippen molar-refractivity contribution in [2.75, 3.05) is 5.32 Å². The lowest BCUT2D eigenvalue weighted by Crippen LogP contribution is -2.18. The third-order valence-electron chi connectivity index (χ3n) is 4.48. The molecule has 1 heterocycles. The third kappa shape index (κ3) is 4.32. The minimum absolute atomic E-state index is 0.362. The van der Waals surface area contributed by atoms with Crippen LogP contribution >= 0.6 is 11.6 Å². The molecule has 7 nitrogen and oxygen atoms in total. The molecule has 0 aliphatic carbocycles. The maximum absolute atomic E-state index is 11.5. The lowest BCUT2D eigenvalue weighted by atomic mass is 10.2. The van der Waals surface area contributed by atoms with Crippen molar-refractivity contribution in [2.45, 2.75) is 6.54 Å². The van der Waals surface area contributed by atoms with Gasteiger partial charge in [-0.2, -0.15) is 0 Å². The maximum atomic E-state index is 11.5. The first-order valence-corrected chi connectivity index (χ1v) is 9.57. The highest BCUT2D eigenvalue weighted by atomic mass is 35.5. The zero-order chi connectivity index (χ0) is 20.9. The van der Waals surface area contributed by atoms with Gasteiger partial charge < -0.3 is 5.32 Å². The first kappa shape index (κ1) is 19.6. The van der Waals surface area contributed by atoms with Gasteiger partial charge in [0.2, 0.25) is 0 Å². The van der Waals surface area contributed by atoms with E-state index in [4.69, 9.17) is 21.8 Å². The van der Waals surface area contributed by atoms with Crippen molar-refractivity contribution >= 4 is 23.2 Å². The van der Waals surface area contributed by atoms with Gasteiger partial charge in [-0.15, -0.1) is 5.10 Å². The number of carbonyl (C=O) groups is 1. The van der Waals surface area contributed by atoms with Crippen LogP contribution in [0.2, 0.25) is 5.02 Å². The Morgan fingerprint density at radius 1 is 0.967 bits per heavy atom. The minimum Gasteiger partial charge on any atom is -0.378 e. The average molecular weight is 420 g/mol. The van der Waals surface area contributed by atoms with Crippen LogP contribution in [0.1, 0.15) is 16.2 Å². The SMILES string of the molecule is O=C(NO)c1ccc(NCc2nc(-c3ccc(Cl)cc3)nn2-c2ccccc2)cc1. The third-order valence-corrected chi connectivity index (χ3v) is 4.73. The fourth-order valence-corrected chi connectivity index (χ4v) is 3.07. The minimum atomic E-state index is -0.557. The molecule has 0 fully saturated rings. The van der Waals surface area contributed by atoms with E-state index < -0.39 is 5.91 Å². The largest absolute Gasteiger partial charge is 0.378 e. The predicted molar refractivity (Wildman–Crippen MR) is 115 cm³/mol. The Balaban J connectivity index is 1.61. The van der Waals surface area contributed by atoms with Gasteiger partial charge in [-0.1, -0.05) is 29.8 Å². The molecule has 3 aromatic carbocycles. The monoisotopic (exact) mass is 419 g/mol. The van der Waals surface area contributed by atoms with Gasteiger partial charge in [0.05, 0.1) is 12.2 Å². The molecule has 0 saturated carbocycles. The highest BCUT2D eigenvalue weighted by Gasteiger charge is 2.13. The Morgan fingerprint density at radius 2 is 1.67 bits per heavy atom. The first-order chi connectivity index (χ1) is 14.6. The molecule has 4 rings (SSSR count). The number of hydroxylamine groups is 1. The molecule has 3 N–H and O–H groups in total. The smallest absolute Gasteiger partial charge is 0.274 e. The normalized spacial score (nSPS) is 10.6. The summed E-state index contributed by atoms with van der Waals surface area (Å²) in [7, 11) is 0. The van der Waals surface area contributed by atoms with E-state index in [1.54, 1.807) is 34.4 Å². The summed E-state index contributed by atoms with van der Waals surface area (Å²) in [5.74, 6) is 0.767. The Morgan fingerprint density at radius 3 is 2.33 bits per heavy atom. The van der Waals surface area contributed by atoms with E-state index in [-0.39, 0.29) is 0 Å². The summed E-state index contributed by atoms with van der Waals surface area (Å²) in [6.45, 7) is 0.418. The van der Waals surface area contributed by atoms with Gasteiger partial charge in [0.1, 0.15) is 0 Å². The number of nitrogens with one attached hydrogen (secondary N) is 2. The van der Waals surface area contributed by atoms with Crippen LogP contribution in [0.5, 0.6) is 0 Å². The summed E-state index contributed by atoms with van der Waals surface area (Å²) >= 11 is 5.99. The second-order valence-electron chi connectivity index (χ2n) is 6.48. The molecule has 0 aliphatic rings. The van der Waals surface area contributed by atoms with Gasteiger partial charge in [-0.3, -0.25) is 10.0 Å². The molecule has 0 unspecified atom stereocenters. The van der Waals surface area contributed by atoms with Gasteiger partial charge in [-0.05, 0) is 60.7 Å². The lowest BCUT2D eigenvalue weighted by molar-refractivity contribution is 0.0706. The van der Waals surface area contributed by atoms with Gasteiger partial charge in [0.25, 0.3) is 5.91 Å². The van der Waals surface area contributed by atoms with Gasteiger partial charge in [0.15, 0.2) is 11.6 Å². The molecule has 8 heteroatoms. The number of para-hydroxylation sites is 1. The quantitative estimate of drug-likeness (QED) is 0.320. The van der Waals surface area contributed by atoms with Gasteiger partial charge >= 0.3 is 0 Å². The Bertz CT molecular complexity index is 1140. The van der Waals surface area contributed by atoms with Crippen LogP contribution < -0.4 is 10.8 Å². The van der Waals surface area contributed by atoms with E-state index >= 15 is 0 Å². The Labute approximate surface area is 177 Å². The van der Waals surface area contributed by atoms with Crippen LogP contribution in [0, 0.1) is 0 Å². The molecule has 1 amide bonds. The van der Waals surface area contributed by atoms with Crippen molar-refractivity contribution in [1.82, 2.24) is 20.2 Å². The molecule has 4 aromatic rings. The molecular formula is C22H18ClN5O2. The molecule has 0 radical (unpaired) electrons. The number of hydrogen-bond donors (Lipinski definition) is 3. The van der Waals surface area contributed by atoms with Crippen LogP contribution in [0.3, 0.4) is 0 Å². The van der Waals surface area contributed by atoms with Crippen molar-refractivity contribution in [2.24, 2.45) is 0 Å². The molecule has 0 aliphatic heterocycles. The fraction of sp³-hybridized carbons (Fsp3) is 0.0455. The van der Waals surface area contributed by atoms with E-state index in [9.17, 15) is 4.79 Å². The molecule has 30 heavy (non-hydrogen) atoms. The Kier molecular flexibility index (Phi) is 5.74. The van der Waals surface area contributed by atoms with Crippen molar-refractivity contribution in [1.29, 1.82) is 0 Å². The summed E-state index contributed by atoms with van der Waals surface area (Å²) < 4.78 is 1.80. The first-order valence-electron chi connectivity index (χ1n) is 9.20. The zero-order valence-electron chi connectivity index (χ0n) is 15.8. The molecule has 0 atom stereocenters. The highest BCUT2D eigenvalue weighted by molar-refractivity contribution is 6.30. The van der Waals surface area contributed by atoms with Gasteiger partial charge in [-0.25, -0.2) is 15.1 Å². The average Bonchev–Trinajstić information content (AvgIpc) is 3.23. The lowest BCUT2D eigenvalue weighted by Gasteiger charge is -2.08. The number of hydrogen-bond acceptors (Lipinski definition) is 5. The van der Waals surface area contributed by atoms with Gasteiger partial charge in [0, 0.05) is 21.8 Å². The van der Waals surface area contributed by atoms with E-state index in [1.807, 2.05) is 54.6 Å². The number of amides is 1. The number of carbonyl (C=O) groups excluding carboxylic acids is 1. The van der Waals surface area contributed by atoms with E-state index in [2.05, 4.69) is 10.4 Å². The van der Waals surface area contributed by atoms with Crippen molar-refractivity contribution in [3.05, 3.63) is 95.3 Å². The summed E-state index contributed by atoms with van der Waals surface area (Å²) in [5.41, 5.74) is 4.55. The fourth-order valence-electron chi connectivity index (χ4n) is 2.94. The number of nitrogens with zero attached hydrogens (tertiary/aromatic N) is 3. The second kappa shape index (κ2) is 8.77. The summed E-state index contributed by atoms with van der Waals surface area (Å²) in [5, 5.41) is 17.3. The van der Waals surface area contributed by atoms with Crippen LogP contribution in [0.25, 0.3) is 17.1 Å². The van der Waals surface area contributed by atoms with Crippen LogP contribution in [0.15, 0.2) is 78.9 Å². The Hall–Kier alpha value is -3.68. The molecule has 150 valence electrons. The predicted octanol–water partition coefficient (Wildman–Crippen LogP) is 4.32. The van der Waals surface area contributed by atoms with Crippen molar-refractivity contribution in [3.8, 4) is 17.1 Å². The van der Waals surface area contributed by atoms with E-state index in [0.717, 1.165) is 22.8 Å². The summed E-state index contributed by atoms with van der Waals surface area (Å²) in [6.07, 6.45) is 0. The highest BCUT2D eigenvalue weighted by Crippen LogP contribution is 2.21. The topological polar surface area (TPSA) is 92.1 Å². The number of rotatable bonds is 6. The van der Waals surface area contributed by atoms with Crippen LogP contribution in [-0.2, 0) is 6.54 Å². The number of aromatic nitrogens is 3. The molecule has 0 bridgehead atoms. The summed E-state index contributed by atoms with van der Waals surface area (Å²) in [6, 6.07) is 23.9. The van der Waals surface area contributed by atoms with Crippen molar-refractivity contribution < 1.29 is 10.0 Å². The number of anilines is 1. The number of benzene rings is 3. The van der Waals surface area contributed by atoms with Crippen LogP contribution in [-0.4, -0.2) is 25.9 Å². The molecule has 0 spiro atoms. The molecule has 1 aromatic heterocycles. The van der Waals surface area contributed by atoms with Crippen LogP contribution in [0.4, 0.5) is 5.69 Å². The molecule has 0 saturated heterocycles. The second-order valence-corrected chi connectivity index (χ2v) is 6.91. The summed E-state index contributed by atoms with van der Waals surface area (Å²) in [4.78, 5) is 16.2. The molecular weight excluding hydrogens is 402 g/mol. The number of halogens is 1. The van der Waals surface area contributed by atoms with Crippen molar-refractivity contribution in [3.63, 3.8) is 0 Å². The van der Waals surface area contributed by atoms with E-state index in [0.29, 0.717) is 23.0 Å². The standard InChI is InChI=1S/C22H18ClN5O2/c23-17-10-6-15(7-11-17)21-25-20(28(26-21)19-4-2-1-3-5-19)14-24-18-12-8-16(9-13-18)22(29)27-30/h1-13,24,30H,14H2,(H,27,29). The maximum Gasteiger partial charge on any atom is 0.274 e.